The van der Waals surface area contributed by atoms with Crippen molar-refractivity contribution >= 4 is 22.4 Å². The van der Waals surface area contributed by atoms with Gasteiger partial charge >= 0.3 is 0 Å². The van der Waals surface area contributed by atoms with Crippen LogP contribution < -0.4 is 16.2 Å². The number of hydrogen-bond acceptors (Lipinski definition) is 6. The molecule has 1 aliphatic rings. The quantitative estimate of drug-likeness (QED) is 0.658. The Hall–Kier alpha value is -2.80. The molecule has 3 aromatic rings. The zero-order valence-electron chi connectivity index (χ0n) is 15.6. The first-order valence-electron chi connectivity index (χ1n) is 9.45. The molecule has 0 radical (unpaired) electrons. The van der Waals surface area contributed by atoms with Crippen LogP contribution in [-0.2, 0) is 0 Å². The van der Waals surface area contributed by atoms with Gasteiger partial charge in [0.2, 0.25) is 0 Å². The third-order valence-electron chi connectivity index (χ3n) is 4.98. The molecule has 0 bridgehead atoms. The van der Waals surface area contributed by atoms with Crippen molar-refractivity contribution in [1.82, 2.24) is 25.3 Å². The summed E-state index contributed by atoms with van der Waals surface area (Å²) >= 11 is 0. The zero-order chi connectivity index (χ0) is 18.8. The molecule has 1 aliphatic heterocycles. The van der Waals surface area contributed by atoms with Crippen molar-refractivity contribution in [1.29, 1.82) is 0 Å². The average Bonchev–Trinajstić information content (AvgIpc) is 2.68. The van der Waals surface area contributed by atoms with Gasteiger partial charge in [-0.2, -0.15) is 0 Å². The van der Waals surface area contributed by atoms with Crippen LogP contribution in [0, 0.1) is 0 Å². The maximum absolute atomic E-state index is 12.5. The molecule has 0 unspecified atom stereocenters. The second-order valence-corrected chi connectivity index (χ2v) is 7.27. The molecule has 0 aromatic carbocycles. The molecule has 140 valence electrons. The third kappa shape index (κ3) is 3.68. The van der Waals surface area contributed by atoms with Crippen LogP contribution in [0.5, 0.6) is 0 Å². The topological polar surface area (TPSA) is 95.6 Å². The molecule has 0 amide bonds. The largest absolute Gasteiger partial charge is 0.339 e. The Morgan fingerprint density at radius 2 is 2.00 bits per heavy atom. The molecule has 7 nitrogen and oxygen atoms in total. The molecule has 3 N–H and O–H groups in total. The van der Waals surface area contributed by atoms with Gasteiger partial charge in [0, 0.05) is 29.7 Å². The lowest BCUT2D eigenvalue weighted by molar-refractivity contribution is 0.446. The van der Waals surface area contributed by atoms with Crippen molar-refractivity contribution in [3.63, 3.8) is 0 Å². The number of anilines is 2. The lowest BCUT2D eigenvalue weighted by Crippen LogP contribution is -2.27. The maximum Gasteiger partial charge on any atom is 0.261 e. The second kappa shape index (κ2) is 7.44. The molecule has 0 aliphatic carbocycles. The van der Waals surface area contributed by atoms with E-state index in [1.54, 1.807) is 12.4 Å². The number of H-pyrrole nitrogens is 1. The van der Waals surface area contributed by atoms with Gasteiger partial charge in [-0.05, 0) is 50.0 Å². The molecule has 27 heavy (non-hydrogen) atoms. The molecular weight excluding hydrogens is 340 g/mol. The summed E-state index contributed by atoms with van der Waals surface area (Å²) in [6.45, 7) is 6.14. The molecule has 1 fully saturated rings. The van der Waals surface area contributed by atoms with Crippen LogP contribution in [0.25, 0.3) is 10.9 Å². The summed E-state index contributed by atoms with van der Waals surface area (Å²) in [6.07, 6.45) is 5.41. The molecule has 0 spiro atoms. The van der Waals surface area contributed by atoms with Gasteiger partial charge in [-0.15, -0.1) is 0 Å². The predicted molar refractivity (Wildman–Crippen MR) is 107 cm³/mol. The number of rotatable bonds is 4. The fourth-order valence-electron chi connectivity index (χ4n) is 3.44. The summed E-state index contributed by atoms with van der Waals surface area (Å²) < 4.78 is 0. The van der Waals surface area contributed by atoms with Gasteiger partial charge in [0.25, 0.3) is 5.56 Å². The van der Waals surface area contributed by atoms with E-state index in [-0.39, 0.29) is 5.56 Å². The van der Waals surface area contributed by atoms with Crippen LogP contribution in [0.15, 0.2) is 35.4 Å². The van der Waals surface area contributed by atoms with E-state index in [1.165, 1.54) is 0 Å². The zero-order valence-corrected chi connectivity index (χ0v) is 15.6. The highest BCUT2D eigenvalue weighted by Crippen LogP contribution is 2.28. The van der Waals surface area contributed by atoms with Crippen molar-refractivity contribution in [2.24, 2.45) is 0 Å². The van der Waals surface area contributed by atoms with E-state index in [1.807, 2.05) is 18.2 Å². The summed E-state index contributed by atoms with van der Waals surface area (Å²) in [6, 6.07) is 5.72. The highest BCUT2D eigenvalue weighted by Gasteiger charge is 2.21. The minimum atomic E-state index is -0.190. The second-order valence-electron chi connectivity index (χ2n) is 7.27. The highest BCUT2D eigenvalue weighted by molar-refractivity contribution is 5.89. The first kappa shape index (κ1) is 17.6. The summed E-state index contributed by atoms with van der Waals surface area (Å²) in [7, 11) is 0. The van der Waals surface area contributed by atoms with E-state index in [2.05, 4.69) is 34.4 Å². The number of hydrogen-bond donors (Lipinski definition) is 3. The van der Waals surface area contributed by atoms with Gasteiger partial charge < -0.3 is 15.6 Å². The van der Waals surface area contributed by atoms with E-state index < -0.39 is 0 Å². The van der Waals surface area contributed by atoms with Crippen LogP contribution >= 0.6 is 0 Å². The van der Waals surface area contributed by atoms with Gasteiger partial charge in [0.1, 0.15) is 17.0 Å². The predicted octanol–water partition coefficient (Wildman–Crippen LogP) is 3.05. The van der Waals surface area contributed by atoms with E-state index >= 15 is 0 Å². The molecule has 3 aromatic heterocycles. The minimum Gasteiger partial charge on any atom is -0.339 e. The number of aromatic amines is 1. The number of aromatic nitrogens is 4. The van der Waals surface area contributed by atoms with Gasteiger partial charge in [-0.3, -0.25) is 9.78 Å². The lowest BCUT2D eigenvalue weighted by Gasteiger charge is -2.22. The summed E-state index contributed by atoms with van der Waals surface area (Å²) in [5, 5.41) is 7.19. The lowest BCUT2D eigenvalue weighted by atomic mass is 9.97. The van der Waals surface area contributed by atoms with E-state index in [0.717, 1.165) is 43.1 Å². The van der Waals surface area contributed by atoms with Crippen molar-refractivity contribution < 1.29 is 0 Å². The smallest absolute Gasteiger partial charge is 0.261 e. The van der Waals surface area contributed by atoms with Crippen LogP contribution in [0.3, 0.4) is 0 Å². The van der Waals surface area contributed by atoms with Crippen LogP contribution in [0.4, 0.5) is 11.5 Å². The normalized spacial score (nSPS) is 15.4. The molecule has 0 saturated carbocycles. The summed E-state index contributed by atoms with van der Waals surface area (Å²) in [4.78, 5) is 29.1. The summed E-state index contributed by atoms with van der Waals surface area (Å²) in [5.41, 5.74) is 2.34. The van der Waals surface area contributed by atoms with Gasteiger partial charge in [0.15, 0.2) is 0 Å². The van der Waals surface area contributed by atoms with Crippen molar-refractivity contribution in [2.75, 3.05) is 18.4 Å². The SMILES string of the molecule is CC(C)c1cc(Nc2nc(C3CCNCC3)nc3cc[nH]c(=O)c23)ccn1. The average molecular weight is 364 g/mol. The monoisotopic (exact) mass is 364 g/mol. The van der Waals surface area contributed by atoms with Gasteiger partial charge in [-0.1, -0.05) is 13.8 Å². The van der Waals surface area contributed by atoms with Crippen molar-refractivity contribution in [3.8, 4) is 0 Å². The molecular formula is C20H24N6O. The van der Waals surface area contributed by atoms with E-state index in [9.17, 15) is 4.79 Å². The number of nitrogens with one attached hydrogen (secondary N) is 3. The van der Waals surface area contributed by atoms with Gasteiger partial charge in [-0.25, -0.2) is 9.97 Å². The van der Waals surface area contributed by atoms with Crippen LogP contribution in [0.1, 0.15) is 50.0 Å². The first-order chi connectivity index (χ1) is 13.1. The van der Waals surface area contributed by atoms with E-state index in [4.69, 9.17) is 9.97 Å². The van der Waals surface area contributed by atoms with Crippen molar-refractivity contribution in [2.45, 2.75) is 38.5 Å². The van der Waals surface area contributed by atoms with Crippen LogP contribution in [-0.4, -0.2) is 33.0 Å². The Morgan fingerprint density at radius 3 is 2.78 bits per heavy atom. The first-order valence-corrected chi connectivity index (χ1v) is 9.45. The number of fused-ring (bicyclic) bond motifs is 1. The highest BCUT2D eigenvalue weighted by atomic mass is 16.1. The fourth-order valence-corrected chi connectivity index (χ4v) is 3.44. The Labute approximate surface area is 157 Å². The van der Waals surface area contributed by atoms with Crippen molar-refractivity contribution in [3.05, 3.63) is 52.5 Å². The number of pyridine rings is 2. The molecule has 1 saturated heterocycles. The Kier molecular flexibility index (Phi) is 4.85. The van der Waals surface area contributed by atoms with E-state index in [0.29, 0.717) is 28.6 Å². The minimum absolute atomic E-state index is 0.190. The summed E-state index contributed by atoms with van der Waals surface area (Å²) in [5.74, 6) is 1.98. The Bertz CT molecular complexity index is 1010. The molecule has 4 heterocycles. The van der Waals surface area contributed by atoms with Crippen LogP contribution in [0.2, 0.25) is 0 Å². The number of piperidine rings is 1. The Balaban J connectivity index is 1.80. The van der Waals surface area contributed by atoms with Gasteiger partial charge in [0.05, 0.1) is 5.52 Å². The molecule has 7 heteroatoms. The molecule has 4 rings (SSSR count). The fraction of sp³-hybridized carbons (Fsp3) is 0.400. The number of nitrogens with zero attached hydrogens (tertiary/aromatic N) is 3. The third-order valence-corrected chi connectivity index (χ3v) is 4.98. The standard InChI is InChI=1S/C20H24N6O/c1-12(2)16-11-14(5-9-22-16)24-19-17-15(6-10-23-20(17)27)25-18(26-19)13-3-7-21-8-4-13/h5-6,9-13,21H,3-4,7-8H2,1-2H3,(H,23,27)(H,22,24,25,26). The maximum atomic E-state index is 12.5. The molecule has 0 atom stereocenters. The Morgan fingerprint density at radius 1 is 1.19 bits per heavy atom.